The zero-order chi connectivity index (χ0) is 22.0. The molecule has 0 saturated carbocycles. The van der Waals surface area contributed by atoms with Crippen molar-refractivity contribution in [1.29, 1.82) is 0 Å². The Morgan fingerprint density at radius 3 is 1.96 bits per heavy atom. The van der Waals surface area contributed by atoms with E-state index >= 15 is 0 Å². The predicted molar refractivity (Wildman–Crippen MR) is 105 cm³/mol. The van der Waals surface area contributed by atoms with Gasteiger partial charge in [0.2, 0.25) is 5.91 Å². The number of aliphatic hydroxyl groups excluding tert-OH is 1. The van der Waals surface area contributed by atoms with Crippen molar-refractivity contribution in [2.75, 3.05) is 19.7 Å². The van der Waals surface area contributed by atoms with Gasteiger partial charge in [-0.15, -0.1) is 0 Å². The third-order valence-electron chi connectivity index (χ3n) is 3.16. The van der Waals surface area contributed by atoms with Crippen LogP contribution in [0, 0.1) is 0 Å². The number of carbonyl (C=O) groups excluding carboxylic acids is 3. The van der Waals surface area contributed by atoms with E-state index in [-0.39, 0.29) is 6.54 Å². The largest absolute Gasteiger partial charge is 0.444 e. The molecule has 0 aliphatic rings. The van der Waals surface area contributed by atoms with Gasteiger partial charge in [-0.1, -0.05) is 0 Å². The molecule has 0 fully saturated rings. The van der Waals surface area contributed by atoms with Crippen LogP contribution in [-0.2, 0) is 14.3 Å². The lowest BCUT2D eigenvalue weighted by Crippen LogP contribution is -2.54. The number of ether oxygens (including phenoxy) is 2. The molecular weight excluding hydrogens is 368 g/mol. The molecular formula is C18H36N4O6. The smallest absolute Gasteiger partial charge is 0.408 e. The Morgan fingerprint density at radius 2 is 1.50 bits per heavy atom. The van der Waals surface area contributed by atoms with Gasteiger partial charge in [0.05, 0.1) is 12.6 Å². The number of amides is 3. The molecule has 0 aliphatic carbocycles. The lowest BCUT2D eigenvalue weighted by atomic mass is 10.1. The molecule has 0 rings (SSSR count). The van der Waals surface area contributed by atoms with Crippen molar-refractivity contribution in [1.82, 2.24) is 16.0 Å². The number of hydrogen-bond acceptors (Lipinski definition) is 7. The predicted octanol–water partition coefficient (Wildman–Crippen LogP) is 0.620. The Labute approximate surface area is 166 Å². The van der Waals surface area contributed by atoms with E-state index in [2.05, 4.69) is 16.0 Å². The summed E-state index contributed by atoms with van der Waals surface area (Å²) < 4.78 is 10.3. The Morgan fingerprint density at radius 1 is 0.964 bits per heavy atom. The highest BCUT2D eigenvalue weighted by Crippen LogP contribution is 2.08. The number of alkyl carbamates (subject to hydrolysis) is 2. The highest BCUT2D eigenvalue weighted by atomic mass is 16.6. The number of nitrogens with one attached hydrogen (secondary N) is 3. The van der Waals surface area contributed by atoms with Crippen LogP contribution in [0.5, 0.6) is 0 Å². The maximum absolute atomic E-state index is 12.5. The molecule has 0 radical (unpaired) electrons. The number of rotatable bonds is 9. The second-order valence-electron chi connectivity index (χ2n) is 8.40. The highest BCUT2D eigenvalue weighted by Gasteiger charge is 2.26. The monoisotopic (exact) mass is 404 g/mol. The minimum atomic E-state index is -0.881. The lowest BCUT2D eigenvalue weighted by molar-refractivity contribution is -0.124. The van der Waals surface area contributed by atoms with Gasteiger partial charge in [-0.05, 0) is 60.9 Å². The van der Waals surface area contributed by atoms with Gasteiger partial charge >= 0.3 is 12.2 Å². The van der Waals surface area contributed by atoms with Gasteiger partial charge in [0, 0.05) is 6.54 Å². The summed E-state index contributed by atoms with van der Waals surface area (Å²) in [5.74, 6) is -0.510. The molecule has 0 aromatic heterocycles. The first-order chi connectivity index (χ1) is 12.8. The minimum absolute atomic E-state index is 0.0345. The van der Waals surface area contributed by atoms with E-state index in [1.54, 1.807) is 41.5 Å². The summed E-state index contributed by atoms with van der Waals surface area (Å²) in [5, 5.41) is 17.1. The fourth-order valence-corrected chi connectivity index (χ4v) is 2.02. The van der Waals surface area contributed by atoms with Crippen molar-refractivity contribution in [3.05, 3.63) is 0 Å². The molecule has 2 atom stereocenters. The molecule has 0 spiro atoms. The maximum atomic E-state index is 12.5. The Bertz CT molecular complexity index is 513. The molecule has 3 amide bonds. The number of nitrogens with two attached hydrogens (primary N) is 1. The van der Waals surface area contributed by atoms with Crippen LogP contribution in [0.15, 0.2) is 0 Å². The molecule has 10 heteroatoms. The van der Waals surface area contributed by atoms with Gasteiger partial charge in [0.15, 0.2) is 0 Å². The van der Waals surface area contributed by atoms with E-state index < -0.39 is 48.0 Å². The highest BCUT2D eigenvalue weighted by molar-refractivity contribution is 5.86. The van der Waals surface area contributed by atoms with Crippen LogP contribution in [0.3, 0.4) is 0 Å². The third-order valence-corrected chi connectivity index (χ3v) is 3.16. The molecule has 0 heterocycles. The van der Waals surface area contributed by atoms with Crippen molar-refractivity contribution in [3.63, 3.8) is 0 Å². The fourth-order valence-electron chi connectivity index (χ4n) is 2.02. The summed E-state index contributed by atoms with van der Waals surface area (Å²) in [6, 6.07) is -1.63. The first kappa shape index (κ1) is 25.9. The average Bonchev–Trinajstić information content (AvgIpc) is 2.51. The minimum Gasteiger partial charge on any atom is -0.444 e. The molecule has 0 bridgehead atoms. The SMILES string of the molecule is CC(C)(C)OC(=O)NC[C@@H](CO)NC(=O)[C@H](CCCN)NC(=O)OC(C)(C)C. The number of carbonyl (C=O) groups is 3. The lowest BCUT2D eigenvalue weighted by Gasteiger charge is -2.25. The van der Waals surface area contributed by atoms with E-state index in [0.717, 1.165) is 0 Å². The topological polar surface area (TPSA) is 152 Å². The zero-order valence-corrected chi connectivity index (χ0v) is 17.8. The molecule has 0 aliphatic heterocycles. The normalized spacial score (nSPS) is 13.9. The summed E-state index contributed by atoms with van der Waals surface area (Å²) in [4.78, 5) is 36.2. The maximum Gasteiger partial charge on any atom is 0.408 e. The van der Waals surface area contributed by atoms with Crippen LogP contribution in [0.1, 0.15) is 54.4 Å². The average molecular weight is 405 g/mol. The fraction of sp³-hybridized carbons (Fsp3) is 0.833. The van der Waals surface area contributed by atoms with Crippen molar-refractivity contribution in [3.8, 4) is 0 Å². The molecule has 28 heavy (non-hydrogen) atoms. The molecule has 164 valence electrons. The van der Waals surface area contributed by atoms with Gasteiger partial charge < -0.3 is 36.3 Å². The van der Waals surface area contributed by atoms with E-state index in [1.165, 1.54) is 0 Å². The van der Waals surface area contributed by atoms with E-state index in [4.69, 9.17) is 15.2 Å². The van der Waals surface area contributed by atoms with Gasteiger partial charge in [-0.25, -0.2) is 9.59 Å². The molecule has 6 N–H and O–H groups in total. The Kier molecular flexibility index (Phi) is 10.8. The summed E-state index contributed by atoms with van der Waals surface area (Å²) >= 11 is 0. The van der Waals surface area contributed by atoms with Crippen LogP contribution >= 0.6 is 0 Å². The van der Waals surface area contributed by atoms with Gasteiger partial charge in [0.25, 0.3) is 0 Å². The molecule has 0 saturated heterocycles. The quantitative estimate of drug-likeness (QED) is 0.378. The zero-order valence-electron chi connectivity index (χ0n) is 17.8. The first-order valence-corrected chi connectivity index (χ1v) is 9.35. The third kappa shape index (κ3) is 13.2. The van der Waals surface area contributed by atoms with Gasteiger partial charge in [-0.3, -0.25) is 4.79 Å². The first-order valence-electron chi connectivity index (χ1n) is 9.35. The Hall–Kier alpha value is -2.07. The summed E-state index contributed by atoms with van der Waals surface area (Å²) in [6.45, 7) is 10.2. The molecule has 0 unspecified atom stereocenters. The van der Waals surface area contributed by atoms with Gasteiger partial charge in [0.1, 0.15) is 17.2 Å². The summed E-state index contributed by atoms with van der Waals surface area (Å²) in [7, 11) is 0. The van der Waals surface area contributed by atoms with Crippen LogP contribution in [0.4, 0.5) is 9.59 Å². The molecule has 10 nitrogen and oxygen atoms in total. The van der Waals surface area contributed by atoms with E-state index in [9.17, 15) is 19.5 Å². The van der Waals surface area contributed by atoms with E-state index in [0.29, 0.717) is 19.4 Å². The van der Waals surface area contributed by atoms with Gasteiger partial charge in [-0.2, -0.15) is 0 Å². The Balaban J connectivity index is 4.78. The second kappa shape index (κ2) is 11.7. The van der Waals surface area contributed by atoms with Crippen LogP contribution < -0.4 is 21.7 Å². The molecule has 0 aromatic rings. The number of hydrogen-bond donors (Lipinski definition) is 5. The van der Waals surface area contributed by atoms with Crippen LogP contribution in [-0.4, -0.2) is 66.2 Å². The molecule has 0 aromatic carbocycles. The van der Waals surface area contributed by atoms with E-state index in [1.807, 2.05) is 0 Å². The van der Waals surface area contributed by atoms with Crippen molar-refractivity contribution in [2.24, 2.45) is 5.73 Å². The van der Waals surface area contributed by atoms with Crippen LogP contribution in [0.25, 0.3) is 0 Å². The standard InChI is InChI=1S/C18H36N4O6/c1-17(2,3)27-15(25)20-10-12(11-23)21-14(24)13(8-7-9-19)22-16(26)28-18(4,5)6/h12-13,23H,7-11,19H2,1-6H3,(H,20,25)(H,21,24)(H,22,26)/t12-,13-/m0/s1. The van der Waals surface area contributed by atoms with Crippen molar-refractivity contribution >= 4 is 18.1 Å². The number of aliphatic hydroxyl groups is 1. The summed E-state index contributed by atoms with van der Waals surface area (Å²) in [5.41, 5.74) is 4.13. The van der Waals surface area contributed by atoms with Crippen LogP contribution in [0.2, 0.25) is 0 Å². The van der Waals surface area contributed by atoms with Crippen molar-refractivity contribution in [2.45, 2.75) is 77.7 Å². The van der Waals surface area contributed by atoms with Crippen molar-refractivity contribution < 1.29 is 29.0 Å². The summed E-state index contributed by atoms with van der Waals surface area (Å²) in [6.07, 6.45) is -0.573. The second-order valence-corrected chi connectivity index (χ2v) is 8.40.